The molecule has 2 aromatic carbocycles. The van der Waals surface area contributed by atoms with Crippen LogP contribution in [0.1, 0.15) is 48.2 Å². The first-order valence-corrected chi connectivity index (χ1v) is 8.86. The molecule has 3 amide bonds. The highest BCUT2D eigenvalue weighted by Gasteiger charge is 2.50. The lowest BCUT2D eigenvalue weighted by Crippen LogP contribution is -2.42. The lowest BCUT2D eigenvalue weighted by molar-refractivity contribution is -0.130. The zero-order valence-electron chi connectivity index (χ0n) is 15.8. The number of amides is 3. The van der Waals surface area contributed by atoms with Gasteiger partial charge in [0.05, 0.1) is 6.54 Å². The lowest BCUT2D eigenvalue weighted by atomic mass is 9.91. The zero-order valence-corrected chi connectivity index (χ0v) is 15.8. The van der Waals surface area contributed by atoms with Crippen LogP contribution in [0.3, 0.4) is 0 Å². The quantitative estimate of drug-likeness (QED) is 0.629. The maximum Gasteiger partial charge on any atom is 0.325 e. The normalized spacial score (nSPS) is 19.3. The Kier molecular flexibility index (Phi) is 5.02. The van der Waals surface area contributed by atoms with Crippen molar-refractivity contribution in [2.24, 2.45) is 0 Å². The summed E-state index contributed by atoms with van der Waals surface area (Å²) in [4.78, 5) is 38.4. The smallest absolute Gasteiger partial charge is 0.319 e. The van der Waals surface area contributed by atoms with Crippen LogP contribution in [0, 0.1) is 11.6 Å². The van der Waals surface area contributed by atoms with Gasteiger partial charge in [-0.1, -0.05) is 38.1 Å². The van der Waals surface area contributed by atoms with Gasteiger partial charge in [0, 0.05) is 11.1 Å². The Bertz CT molecular complexity index is 957. The Morgan fingerprint density at radius 3 is 2.36 bits per heavy atom. The SMILES string of the molecule is CC(C)c1ccc(C(=O)CN2C(=O)N[C@@](C)(c3cc(F)ccc3F)C2=O)cc1. The molecule has 0 aromatic heterocycles. The van der Waals surface area contributed by atoms with Crippen molar-refractivity contribution >= 4 is 17.7 Å². The maximum absolute atomic E-state index is 14.2. The second kappa shape index (κ2) is 7.14. The van der Waals surface area contributed by atoms with Gasteiger partial charge < -0.3 is 5.32 Å². The summed E-state index contributed by atoms with van der Waals surface area (Å²) in [7, 11) is 0. The van der Waals surface area contributed by atoms with Gasteiger partial charge >= 0.3 is 6.03 Å². The first-order chi connectivity index (χ1) is 13.1. The van der Waals surface area contributed by atoms with E-state index in [1.807, 2.05) is 26.0 Å². The van der Waals surface area contributed by atoms with E-state index >= 15 is 0 Å². The van der Waals surface area contributed by atoms with E-state index < -0.39 is 41.4 Å². The van der Waals surface area contributed by atoms with Crippen molar-refractivity contribution in [1.29, 1.82) is 0 Å². The maximum atomic E-state index is 14.2. The van der Waals surface area contributed by atoms with Crippen molar-refractivity contribution in [3.05, 3.63) is 70.8 Å². The van der Waals surface area contributed by atoms with Gasteiger partial charge in [-0.2, -0.15) is 0 Å². The Morgan fingerprint density at radius 2 is 1.75 bits per heavy atom. The highest BCUT2D eigenvalue weighted by atomic mass is 19.1. The molecule has 0 spiro atoms. The van der Waals surface area contributed by atoms with Crippen LogP contribution in [-0.2, 0) is 10.3 Å². The molecular formula is C21H20F2N2O3. The van der Waals surface area contributed by atoms with Crippen LogP contribution in [0.4, 0.5) is 13.6 Å². The summed E-state index contributed by atoms with van der Waals surface area (Å²) < 4.78 is 27.7. The molecule has 0 saturated carbocycles. The molecule has 0 aliphatic carbocycles. The molecule has 0 unspecified atom stereocenters. The van der Waals surface area contributed by atoms with E-state index in [-0.39, 0.29) is 5.56 Å². The van der Waals surface area contributed by atoms with E-state index in [0.29, 0.717) is 11.5 Å². The molecule has 28 heavy (non-hydrogen) atoms. The number of benzene rings is 2. The van der Waals surface area contributed by atoms with Crippen LogP contribution in [0.5, 0.6) is 0 Å². The summed E-state index contributed by atoms with van der Waals surface area (Å²) >= 11 is 0. The molecule has 5 nitrogen and oxygen atoms in total. The standard InChI is InChI=1S/C21H20F2N2O3/c1-12(2)13-4-6-14(7-5-13)18(26)11-25-19(27)21(3,24-20(25)28)16-10-15(22)8-9-17(16)23/h4-10,12H,11H2,1-3H3,(H,24,28)/t21-/m0/s1. The number of nitrogens with zero attached hydrogens (tertiary/aromatic N) is 1. The van der Waals surface area contributed by atoms with Gasteiger partial charge in [0.25, 0.3) is 5.91 Å². The first kappa shape index (κ1) is 19.7. The molecule has 0 bridgehead atoms. The van der Waals surface area contributed by atoms with Crippen LogP contribution >= 0.6 is 0 Å². The molecule has 2 aromatic rings. The van der Waals surface area contributed by atoms with Crippen LogP contribution in [0.15, 0.2) is 42.5 Å². The third kappa shape index (κ3) is 3.40. The zero-order chi connectivity index (χ0) is 20.6. The molecule has 1 saturated heterocycles. The van der Waals surface area contributed by atoms with Gasteiger partial charge in [0.2, 0.25) is 0 Å². The fourth-order valence-electron chi connectivity index (χ4n) is 3.19. The number of hydrogen-bond acceptors (Lipinski definition) is 3. The second-order valence-electron chi connectivity index (χ2n) is 7.27. The lowest BCUT2D eigenvalue weighted by Gasteiger charge is -2.22. The highest BCUT2D eigenvalue weighted by Crippen LogP contribution is 2.31. The second-order valence-corrected chi connectivity index (χ2v) is 7.27. The number of carbonyl (C=O) groups is 3. The topological polar surface area (TPSA) is 66.5 Å². The van der Waals surface area contributed by atoms with E-state index in [2.05, 4.69) is 5.32 Å². The van der Waals surface area contributed by atoms with Crippen LogP contribution in [0.25, 0.3) is 0 Å². The van der Waals surface area contributed by atoms with Gasteiger partial charge in [-0.05, 0) is 36.6 Å². The van der Waals surface area contributed by atoms with Gasteiger partial charge in [0.1, 0.15) is 17.2 Å². The van der Waals surface area contributed by atoms with Gasteiger partial charge in [-0.25, -0.2) is 13.6 Å². The van der Waals surface area contributed by atoms with Crippen LogP contribution in [0.2, 0.25) is 0 Å². The third-order valence-electron chi connectivity index (χ3n) is 4.94. The summed E-state index contributed by atoms with van der Waals surface area (Å²) in [6.07, 6.45) is 0. The molecule has 3 rings (SSSR count). The largest absolute Gasteiger partial charge is 0.325 e. The van der Waals surface area contributed by atoms with Crippen LogP contribution < -0.4 is 5.32 Å². The fourth-order valence-corrected chi connectivity index (χ4v) is 3.19. The van der Waals surface area contributed by atoms with E-state index in [1.165, 1.54) is 6.92 Å². The monoisotopic (exact) mass is 386 g/mol. The summed E-state index contributed by atoms with van der Waals surface area (Å²) in [6, 6.07) is 8.76. The molecular weight excluding hydrogens is 366 g/mol. The number of Topliss-reactive ketones (excluding diaryl/α,β-unsaturated/α-hetero) is 1. The number of urea groups is 1. The fraction of sp³-hybridized carbons (Fsp3) is 0.286. The molecule has 1 heterocycles. The minimum absolute atomic E-state index is 0.290. The van der Waals surface area contributed by atoms with E-state index in [4.69, 9.17) is 0 Å². The average molecular weight is 386 g/mol. The highest BCUT2D eigenvalue weighted by molar-refractivity contribution is 6.11. The number of nitrogens with one attached hydrogen (secondary N) is 1. The predicted octanol–water partition coefficient (Wildman–Crippen LogP) is 3.74. The van der Waals surface area contributed by atoms with Gasteiger partial charge in [0.15, 0.2) is 5.78 Å². The van der Waals surface area contributed by atoms with Crippen molar-refractivity contribution in [2.45, 2.75) is 32.2 Å². The Balaban J connectivity index is 1.84. The summed E-state index contributed by atoms with van der Waals surface area (Å²) in [5, 5.41) is 2.37. The number of hydrogen-bond donors (Lipinski definition) is 1. The number of rotatable bonds is 5. The molecule has 0 radical (unpaired) electrons. The van der Waals surface area contributed by atoms with Crippen molar-refractivity contribution in [3.8, 4) is 0 Å². The van der Waals surface area contributed by atoms with E-state index in [0.717, 1.165) is 28.7 Å². The number of carbonyl (C=O) groups excluding carboxylic acids is 3. The Morgan fingerprint density at radius 1 is 1.11 bits per heavy atom. The number of ketones is 1. The van der Waals surface area contributed by atoms with Crippen molar-refractivity contribution in [2.75, 3.05) is 6.54 Å². The summed E-state index contributed by atoms with van der Waals surface area (Å²) in [6.45, 7) is 4.85. The predicted molar refractivity (Wildman–Crippen MR) is 98.8 cm³/mol. The molecule has 1 aliphatic heterocycles. The summed E-state index contributed by atoms with van der Waals surface area (Å²) in [5.74, 6) is -2.50. The molecule has 1 N–H and O–H groups in total. The van der Waals surface area contributed by atoms with Crippen molar-refractivity contribution in [3.63, 3.8) is 0 Å². The van der Waals surface area contributed by atoms with Gasteiger partial charge in [-0.15, -0.1) is 0 Å². The van der Waals surface area contributed by atoms with E-state index in [9.17, 15) is 23.2 Å². The minimum Gasteiger partial charge on any atom is -0.319 e. The van der Waals surface area contributed by atoms with Crippen molar-refractivity contribution in [1.82, 2.24) is 10.2 Å². The first-order valence-electron chi connectivity index (χ1n) is 8.86. The average Bonchev–Trinajstić information content (AvgIpc) is 2.87. The Hall–Kier alpha value is -3.09. The molecule has 1 fully saturated rings. The molecule has 7 heteroatoms. The van der Waals surface area contributed by atoms with Gasteiger partial charge in [-0.3, -0.25) is 14.5 Å². The van der Waals surface area contributed by atoms with E-state index in [1.54, 1.807) is 12.1 Å². The third-order valence-corrected chi connectivity index (χ3v) is 4.94. The Labute approximate surface area is 161 Å². The molecule has 1 atom stereocenters. The molecule has 1 aliphatic rings. The summed E-state index contributed by atoms with van der Waals surface area (Å²) in [5.41, 5.74) is -0.663. The van der Waals surface area contributed by atoms with Crippen LogP contribution in [-0.4, -0.2) is 29.2 Å². The number of imide groups is 1. The molecule has 146 valence electrons. The van der Waals surface area contributed by atoms with Crippen molar-refractivity contribution < 1.29 is 23.2 Å². The number of halogens is 2. The minimum atomic E-state index is -1.79.